The van der Waals surface area contributed by atoms with E-state index in [-0.39, 0.29) is 23.4 Å². The van der Waals surface area contributed by atoms with E-state index in [0.29, 0.717) is 6.42 Å². The van der Waals surface area contributed by atoms with Crippen LogP contribution in [0.3, 0.4) is 0 Å². The molecule has 1 N–H and O–H groups in total. The minimum absolute atomic E-state index is 0.0316. The van der Waals surface area contributed by atoms with Gasteiger partial charge in [0.1, 0.15) is 11.6 Å². The third kappa shape index (κ3) is 4.27. The Balaban J connectivity index is 1.27. The molecular weight excluding hydrogens is 461 g/mol. The molecule has 0 saturated heterocycles. The number of allylic oxidation sites excluding steroid dienone is 2. The number of nitrogens with one attached hydrogen (secondary N) is 1. The molecule has 0 fully saturated rings. The van der Waals surface area contributed by atoms with Crippen LogP contribution in [0.5, 0.6) is 0 Å². The van der Waals surface area contributed by atoms with E-state index >= 15 is 0 Å². The molecule has 8 heteroatoms. The van der Waals surface area contributed by atoms with Crippen molar-refractivity contribution in [2.75, 3.05) is 5.32 Å². The van der Waals surface area contributed by atoms with E-state index in [4.69, 9.17) is 4.98 Å². The number of aryl methyl sites for hydroxylation is 1. The van der Waals surface area contributed by atoms with Crippen LogP contribution in [0.2, 0.25) is 0 Å². The fourth-order valence-corrected chi connectivity index (χ4v) is 6.26. The van der Waals surface area contributed by atoms with Crippen molar-refractivity contribution < 1.29 is 9.18 Å². The number of carbonyl (C=O) groups is 1. The molecule has 3 heterocycles. The van der Waals surface area contributed by atoms with Gasteiger partial charge in [0.2, 0.25) is 5.91 Å². The lowest BCUT2D eigenvalue weighted by atomic mass is 9.82. The number of rotatable bonds is 4. The van der Waals surface area contributed by atoms with Crippen LogP contribution in [-0.4, -0.2) is 25.7 Å². The number of aromatic nitrogens is 4. The summed E-state index contributed by atoms with van der Waals surface area (Å²) in [6.45, 7) is 0.856. The first-order valence-corrected chi connectivity index (χ1v) is 13.0. The van der Waals surface area contributed by atoms with E-state index in [1.54, 1.807) is 23.5 Å². The topological polar surface area (TPSA) is 72.7 Å². The molecule has 0 spiro atoms. The summed E-state index contributed by atoms with van der Waals surface area (Å²) in [6, 6.07) is 12.8. The molecule has 2 aromatic carbocycles. The Morgan fingerprint density at radius 1 is 1.06 bits per heavy atom. The predicted octanol–water partition coefficient (Wildman–Crippen LogP) is 6.11. The fraction of sp³-hybridized carbons (Fsp3) is 0.333. The molecule has 0 saturated carbocycles. The Labute approximate surface area is 206 Å². The van der Waals surface area contributed by atoms with Crippen molar-refractivity contribution in [3.63, 3.8) is 0 Å². The molecule has 6 nitrogen and oxygen atoms in total. The van der Waals surface area contributed by atoms with Gasteiger partial charge in [-0.25, -0.2) is 9.37 Å². The van der Waals surface area contributed by atoms with E-state index < -0.39 is 5.82 Å². The summed E-state index contributed by atoms with van der Waals surface area (Å²) in [6.07, 6.45) is 9.74. The lowest BCUT2D eigenvalue weighted by molar-refractivity contribution is -0.120. The van der Waals surface area contributed by atoms with Gasteiger partial charge in [0.25, 0.3) is 0 Å². The highest BCUT2D eigenvalue weighted by Gasteiger charge is 2.33. The second kappa shape index (κ2) is 9.34. The normalized spacial score (nSPS) is 19.9. The number of halogens is 1. The van der Waals surface area contributed by atoms with Gasteiger partial charge in [0.05, 0.1) is 26.8 Å². The number of benzene rings is 2. The van der Waals surface area contributed by atoms with Crippen molar-refractivity contribution in [2.24, 2.45) is 5.92 Å². The van der Waals surface area contributed by atoms with Crippen molar-refractivity contribution >= 4 is 33.1 Å². The molecule has 6 rings (SSSR count). The third-order valence-corrected chi connectivity index (χ3v) is 8.16. The second-order valence-corrected chi connectivity index (χ2v) is 10.3. The number of amides is 1. The van der Waals surface area contributed by atoms with E-state index in [9.17, 15) is 9.18 Å². The van der Waals surface area contributed by atoms with Gasteiger partial charge in [0.15, 0.2) is 5.82 Å². The van der Waals surface area contributed by atoms with Crippen LogP contribution in [-0.2, 0) is 17.8 Å². The van der Waals surface area contributed by atoms with Crippen LogP contribution in [0, 0.1) is 11.7 Å². The minimum Gasteiger partial charge on any atom is -0.323 e. The zero-order chi connectivity index (χ0) is 23.8. The highest BCUT2D eigenvalue weighted by molar-refractivity contribution is 7.18. The molecule has 0 bridgehead atoms. The van der Waals surface area contributed by atoms with Crippen LogP contribution < -0.4 is 5.32 Å². The summed E-state index contributed by atoms with van der Waals surface area (Å²) in [5.41, 5.74) is 1.89. The van der Waals surface area contributed by atoms with Crippen molar-refractivity contribution in [3.05, 3.63) is 71.3 Å². The number of thiazole rings is 1. The predicted molar refractivity (Wildman–Crippen MR) is 136 cm³/mol. The zero-order valence-corrected chi connectivity index (χ0v) is 20.1. The number of hydrogen-bond acceptors (Lipinski definition) is 5. The van der Waals surface area contributed by atoms with Gasteiger partial charge in [-0.1, -0.05) is 30.7 Å². The Kier molecular flexibility index (Phi) is 5.90. The van der Waals surface area contributed by atoms with Crippen molar-refractivity contribution in [1.82, 2.24) is 19.7 Å². The van der Waals surface area contributed by atoms with Gasteiger partial charge < -0.3 is 9.88 Å². The first-order valence-electron chi connectivity index (χ1n) is 12.2. The Morgan fingerprint density at radius 2 is 1.94 bits per heavy atom. The monoisotopic (exact) mass is 487 g/mol. The van der Waals surface area contributed by atoms with Crippen molar-refractivity contribution in [3.8, 4) is 11.4 Å². The van der Waals surface area contributed by atoms with Crippen LogP contribution in [0.15, 0.2) is 54.6 Å². The average Bonchev–Trinajstić information content (AvgIpc) is 3.42. The SMILES string of the molecule is O=C(Nc1cc(-c2nnc3n2CCCCC3)ccc1F)C1CC=CCC1c1nc2ccccc2s1. The maximum absolute atomic E-state index is 14.8. The second-order valence-electron chi connectivity index (χ2n) is 9.26. The lowest BCUT2D eigenvalue weighted by Crippen LogP contribution is -2.29. The average molecular weight is 488 g/mol. The molecule has 178 valence electrons. The number of nitrogens with zero attached hydrogens (tertiary/aromatic N) is 4. The van der Waals surface area contributed by atoms with E-state index in [0.717, 1.165) is 64.7 Å². The van der Waals surface area contributed by atoms with Gasteiger partial charge in [-0.2, -0.15) is 0 Å². The number of fused-ring (bicyclic) bond motifs is 2. The summed E-state index contributed by atoms with van der Waals surface area (Å²) in [5, 5.41) is 12.6. The molecule has 2 aromatic heterocycles. The van der Waals surface area contributed by atoms with Gasteiger partial charge in [-0.3, -0.25) is 4.79 Å². The largest absolute Gasteiger partial charge is 0.323 e. The van der Waals surface area contributed by atoms with Crippen LogP contribution in [0.1, 0.15) is 48.9 Å². The first kappa shape index (κ1) is 22.1. The Bertz CT molecular complexity index is 1390. The van der Waals surface area contributed by atoms with Gasteiger partial charge in [-0.15, -0.1) is 21.5 Å². The van der Waals surface area contributed by atoms with Crippen molar-refractivity contribution in [1.29, 1.82) is 0 Å². The summed E-state index contributed by atoms with van der Waals surface area (Å²) in [4.78, 5) is 18.2. The number of carbonyl (C=O) groups excluding carboxylic acids is 1. The standard InChI is InChI=1S/C27H26FN5OS/c28-20-14-13-17(25-32-31-24-12-2-1-7-15-33(24)25)16-22(20)29-26(34)18-8-3-4-9-19(18)27-30-21-10-5-6-11-23(21)35-27/h3-6,10-11,13-14,16,18-19H,1-2,7-9,12,15H2,(H,29,34). The maximum atomic E-state index is 14.8. The maximum Gasteiger partial charge on any atom is 0.228 e. The van der Waals surface area contributed by atoms with Gasteiger partial charge in [0, 0.05) is 24.4 Å². The van der Waals surface area contributed by atoms with E-state index in [2.05, 4.69) is 32.2 Å². The number of hydrogen-bond donors (Lipinski definition) is 1. The molecular formula is C27H26FN5OS. The van der Waals surface area contributed by atoms with Crippen LogP contribution in [0.25, 0.3) is 21.6 Å². The Morgan fingerprint density at radius 3 is 2.86 bits per heavy atom. The smallest absolute Gasteiger partial charge is 0.228 e. The van der Waals surface area contributed by atoms with E-state index in [1.165, 1.54) is 12.5 Å². The first-order chi connectivity index (χ1) is 17.2. The van der Waals surface area contributed by atoms with E-state index in [1.807, 2.05) is 24.3 Å². The molecule has 0 radical (unpaired) electrons. The third-order valence-electron chi connectivity index (χ3n) is 6.99. The molecule has 4 aromatic rings. The highest BCUT2D eigenvalue weighted by Crippen LogP contribution is 2.39. The molecule has 2 aliphatic rings. The van der Waals surface area contributed by atoms with Crippen molar-refractivity contribution in [2.45, 2.75) is 51.0 Å². The van der Waals surface area contributed by atoms with Gasteiger partial charge in [-0.05, 0) is 56.0 Å². The molecule has 1 amide bonds. The molecule has 2 atom stereocenters. The highest BCUT2D eigenvalue weighted by atomic mass is 32.1. The summed E-state index contributed by atoms with van der Waals surface area (Å²) < 4.78 is 18.1. The summed E-state index contributed by atoms with van der Waals surface area (Å²) >= 11 is 1.63. The van der Waals surface area contributed by atoms with Crippen LogP contribution >= 0.6 is 11.3 Å². The number of anilines is 1. The Hall–Kier alpha value is -3.39. The lowest BCUT2D eigenvalue weighted by Gasteiger charge is -2.26. The summed E-state index contributed by atoms with van der Waals surface area (Å²) in [5.74, 6) is 0.713. The quantitative estimate of drug-likeness (QED) is 0.353. The number of para-hydroxylation sites is 1. The van der Waals surface area contributed by atoms with Gasteiger partial charge >= 0.3 is 0 Å². The zero-order valence-electron chi connectivity index (χ0n) is 19.3. The molecule has 2 unspecified atom stereocenters. The minimum atomic E-state index is -0.458. The fourth-order valence-electron chi connectivity index (χ4n) is 5.11. The molecule has 1 aliphatic carbocycles. The summed E-state index contributed by atoms with van der Waals surface area (Å²) in [7, 11) is 0. The molecule has 1 aliphatic heterocycles. The van der Waals surface area contributed by atoms with Crippen LogP contribution in [0.4, 0.5) is 10.1 Å². The molecule has 35 heavy (non-hydrogen) atoms.